The molecule has 0 N–H and O–H groups in total. The molecule has 2 saturated heterocycles. The van der Waals surface area contributed by atoms with Crippen LogP contribution in [0.2, 0.25) is 0 Å². The zero-order valence-electron chi connectivity index (χ0n) is 14.7. The molecule has 2 bridgehead atoms. The number of halogens is 1. The third kappa shape index (κ3) is 3.69. The molecular weight excluding hydrogens is 433 g/mol. The molecule has 2 fully saturated rings. The van der Waals surface area contributed by atoms with E-state index < -0.39 is 12.0 Å². The normalized spacial score (nSPS) is 31.8. The molecule has 5 nitrogen and oxygen atoms in total. The van der Waals surface area contributed by atoms with Crippen molar-refractivity contribution in [2.45, 2.75) is 54.9 Å². The van der Waals surface area contributed by atoms with Crippen molar-refractivity contribution in [3.63, 3.8) is 0 Å². The van der Waals surface area contributed by atoms with Gasteiger partial charge in [0.15, 0.2) is 0 Å². The molecule has 0 radical (unpaired) electrons. The van der Waals surface area contributed by atoms with E-state index in [4.69, 9.17) is 9.47 Å². The maximum atomic E-state index is 12.8. The zero-order valence-corrected chi connectivity index (χ0v) is 16.9. The standard InChI is InChI=1S/C19H24INO4/c1-11(2)24-19(23)15-13-9-10-14(21(13)3)16(20)17(15)25-18(22)12-7-5-4-6-8-12/h4-8,11,13-17H,9-10H2,1-3H3/t13?,14?,15-,16?,17-/m1/s1. The maximum Gasteiger partial charge on any atom is 0.338 e. The molecule has 5 atom stereocenters. The summed E-state index contributed by atoms with van der Waals surface area (Å²) in [5.74, 6) is -1.08. The van der Waals surface area contributed by atoms with E-state index in [-0.39, 0.29) is 28.0 Å². The minimum atomic E-state index is -0.465. The molecule has 0 saturated carbocycles. The fourth-order valence-corrected chi connectivity index (χ4v) is 5.41. The lowest BCUT2D eigenvalue weighted by atomic mass is 9.87. The van der Waals surface area contributed by atoms with Crippen LogP contribution in [0.25, 0.3) is 0 Å². The van der Waals surface area contributed by atoms with E-state index in [0.717, 1.165) is 12.8 Å². The smallest absolute Gasteiger partial charge is 0.338 e. The first-order valence-electron chi connectivity index (χ1n) is 8.72. The summed E-state index contributed by atoms with van der Waals surface area (Å²) in [6.07, 6.45) is 1.29. The zero-order chi connectivity index (χ0) is 18.1. The van der Waals surface area contributed by atoms with Crippen molar-refractivity contribution >= 4 is 34.5 Å². The Hall–Kier alpha value is -1.15. The van der Waals surface area contributed by atoms with Gasteiger partial charge >= 0.3 is 11.9 Å². The van der Waals surface area contributed by atoms with E-state index in [1.807, 2.05) is 19.9 Å². The van der Waals surface area contributed by atoms with Gasteiger partial charge in [0.2, 0.25) is 0 Å². The predicted octanol–water partition coefficient (Wildman–Crippen LogP) is 3.06. The Morgan fingerprint density at radius 2 is 1.80 bits per heavy atom. The molecule has 0 spiro atoms. The highest BCUT2D eigenvalue weighted by atomic mass is 127. The Balaban J connectivity index is 1.85. The van der Waals surface area contributed by atoms with Crippen LogP contribution < -0.4 is 0 Å². The van der Waals surface area contributed by atoms with E-state index >= 15 is 0 Å². The number of nitrogens with zero attached hydrogens (tertiary/aromatic N) is 1. The topological polar surface area (TPSA) is 55.8 Å². The van der Waals surface area contributed by atoms with Crippen LogP contribution in [-0.2, 0) is 14.3 Å². The molecular formula is C19H24INO4. The van der Waals surface area contributed by atoms with Gasteiger partial charge in [0.1, 0.15) is 12.0 Å². The summed E-state index contributed by atoms with van der Waals surface area (Å²) in [5, 5.41) is 0. The number of benzene rings is 1. The first-order chi connectivity index (χ1) is 11.9. The molecule has 2 heterocycles. The van der Waals surface area contributed by atoms with Gasteiger partial charge < -0.3 is 9.47 Å². The van der Waals surface area contributed by atoms with Crippen molar-refractivity contribution < 1.29 is 19.1 Å². The highest BCUT2D eigenvalue weighted by molar-refractivity contribution is 14.1. The molecule has 0 amide bonds. The summed E-state index contributed by atoms with van der Waals surface area (Å²) < 4.78 is 11.4. The third-order valence-electron chi connectivity index (χ3n) is 5.13. The van der Waals surface area contributed by atoms with Gasteiger partial charge in [0.05, 0.1) is 15.6 Å². The number of alkyl halides is 1. The number of esters is 2. The van der Waals surface area contributed by atoms with Gasteiger partial charge in [-0.2, -0.15) is 0 Å². The average molecular weight is 457 g/mol. The van der Waals surface area contributed by atoms with Crippen LogP contribution in [-0.4, -0.2) is 52.1 Å². The van der Waals surface area contributed by atoms with Crippen LogP contribution in [0.5, 0.6) is 0 Å². The molecule has 6 heteroatoms. The number of hydrogen-bond acceptors (Lipinski definition) is 5. The maximum absolute atomic E-state index is 12.8. The van der Waals surface area contributed by atoms with E-state index in [0.29, 0.717) is 11.6 Å². The number of carbonyl (C=O) groups excluding carboxylic acids is 2. The Labute approximate surface area is 162 Å². The number of ether oxygens (including phenoxy) is 2. The lowest BCUT2D eigenvalue weighted by Crippen LogP contribution is -2.59. The largest absolute Gasteiger partial charge is 0.463 e. The van der Waals surface area contributed by atoms with Crippen molar-refractivity contribution in [3.05, 3.63) is 35.9 Å². The van der Waals surface area contributed by atoms with Crippen molar-refractivity contribution in [2.24, 2.45) is 5.92 Å². The predicted molar refractivity (Wildman–Crippen MR) is 103 cm³/mol. The summed E-state index contributed by atoms with van der Waals surface area (Å²) in [6, 6.07) is 9.32. The van der Waals surface area contributed by atoms with Crippen molar-refractivity contribution in [2.75, 3.05) is 7.05 Å². The summed E-state index contributed by atoms with van der Waals surface area (Å²) in [5.41, 5.74) is 0.508. The molecule has 0 aromatic heterocycles. The van der Waals surface area contributed by atoms with E-state index in [9.17, 15) is 9.59 Å². The van der Waals surface area contributed by atoms with Crippen molar-refractivity contribution in [3.8, 4) is 0 Å². The van der Waals surface area contributed by atoms with Crippen LogP contribution in [0, 0.1) is 5.92 Å². The Bertz CT molecular complexity index is 636. The average Bonchev–Trinajstić information content (AvgIpc) is 2.87. The Kier molecular flexibility index (Phi) is 5.68. The summed E-state index contributed by atoms with van der Waals surface area (Å²) in [4.78, 5) is 27.6. The second-order valence-electron chi connectivity index (χ2n) is 7.07. The van der Waals surface area contributed by atoms with Crippen LogP contribution in [0.15, 0.2) is 30.3 Å². The van der Waals surface area contributed by atoms with Crippen LogP contribution >= 0.6 is 22.6 Å². The van der Waals surface area contributed by atoms with Gasteiger partial charge in [0, 0.05) is 12.1 Å². The molecule has 3 unspecified atom stereocenters. The van der Waals surface area contributed by atoms with E-state index in [2.05, 4.69) is 34.5 Å². The second-order valence-corrected chi connectivity index (χ2v) is 8.51. The quantitative estimate of drug-likeness (QED) is 0.395. The molecule has 2 aliphatic rings. The van der Waals surface area contributed by atoms with E-state index in [1.165, 1.54) is 0 Å². The molecule has 136 valence electrons. The molecule has 3 rings (SSSR count). The first kappa shape index (κ1) is 18.6. The second kappa shape index (κ2) is 7.61. The molecule has 1 aromatic carbocycles. The Morgan fingerprint density at radius 1 is 1.16 bits per heavy atom. The molecule has 25 heavy (non-hydrogen) atoms. The van der Waals surface area contributed by atoms with Crippen molar-refractivity contribution in [1.29, 1.82) is 0 Å². The van der Waals surface area contributed by atoms with Crippen molar-refractivity contribution in [1.82, 2.24) is 4.90 Å². The fraction of sp³-hybridized carbons (Fsp3) is 0.579. The van der Waals surface area contributed by atoms with Gasteiger partial charge in [0.25, 0.3) is 0 Å². The fourth-order valence-electron chi connectivity index (χ4n) is 3.95. The van der Waals surface area contributed by atoms with Gasteiger partial charge in [-0.1, -0.05) is 40.8 Å². The SMILES string of the molecule is CC(C)OC(=O)[C@@H]1C2CCC(C(I)[C@@H]1OC(=O)c1ccccc1)N2C. The Morgan fingerprint density at radius 3 is 2.44 bits per heavy atom. The number of fused-ring (bicyclic) bond motifs is 2. The first-order valence-corrected chi connectivity index (χ1v) is 9.97. The minimum Gasteiger partial charge on any atom is -0.463 e. The van der Waals surface area contributed by atoms with Crippen LogP contribution in [0.1, 0.15) is 37.0 Å². The van der Waals surface area contributed by atoms with E-state index in [1.54, 1.807) is 24.3 Å². The summed E-state index contributed by atoms with van der Waals surface area (Å²) in [7, 11) is 2.05. The molecule has 2 aliphatic heterocycles. The molecule has 0 aliphatic carbocycles. The molecule has 1 aromatic rings. The van der Waals surface area contributed by atoms with Gasteiger partial charge in [-0.3, -0.25) is 9.69 Å². The summed E-state index contributed by atoms with van der Waals surface area (Å²) in [6.45, 7) is 3.68. The third-order valence-corrected chi connectivity index (χ3v) is 6.67. The number of hydrogen-bond donors (Lipinski definition) is 0. The van der Waals surface area contributed by atoms with Gasteiger partial charge in [-0.25, -0.2) is 4.79 Å². The number of rotatable bonds is 4. The minimum absolute atomic E-state index is 0.0544. The monoisotopic (exact) mass is 457 g/mol. The van der Waals surface area contributed by atoms with Crippen LogP contribution in [0.3, 0.4) is 0 Å². The van der Waals surface area contributed by atoms with Crippen LogP contribution in [0.4, 0.5) is 0 Å². The lowest BCUT2D eigenvalue weighted by molar-refractivity contribution is -0.162. The number of piperidine rings is 1. The van der Waals surface area contributed by atoms with Gasteiger partial charge in [-0.05, 0) is 45.9 Å². The van der Waals surface area contributed by atoms with Gasteiger partial charge in [-0.15, -0.1) is 0 Å². The lowest BCUT2D eigenvalue weighted by Gasteiger charge is -2.44. The highest BCUT2D eigenvalue weighted by Gasteiger charge is 2.55. The number of carbonyl (C=O) groups is 2. The summed E-state index contributed by atoms with van der Waals surface area (Å²) >= 11 is 2.33. The highest BCUT2D eigenvalue weighted by Crippen LogP contribution is 2.43.